The van der Waals surface area contributed by atoms with Crippen LogP contribution in [0.3, 0.4) is 0 Å². The molecule has 1 aromatic heterocycles. The molecule has 0 spiro atoms. The number of carboxylic acid groups (broad SMARTS) is 1. The zero-order valence-corrected chi connectivity index (χ0v) is 12.2. The SMILES string of the molecule is Cn1cc(C(NC(=O)NC2CCCCCC2)C(=O)O)cn1. The lowest BCUT2D eigenvalue weighted by atomic mass is 10.1. The second-order valence-electron chi connectivity index (χ2n) is 5.52. The highest BCUT2D eigenvalue weighted by atomic mass is 16.4. The first kappa shape index (κ1) is 15.3. The zero-order valence-electron chi connectivity index (χ0n) is 12.2. The molecule has 2 rings (SSSR count). The summed E-state index contributed by atoms with van der Waals surface area (Å²) in [5.74, 6) is -1.10. The smallest absolute Gasteiger partial charge is 0.331 e. The molecule has 1 aliphatic carbocycles. The molecular formula is C14H22N4O3. The van der Waals surface area contributed by atoms with Crippen molar-refractivity contribution in [2.24, 2.45) is 7.05 Å². The summed E-state index contributed by atoms with van der Waals surface area (Å²) in [6.07, 6.45) is 9.57. The van der Waals surface area contributed by atoms with Gasteiger partial charge in [-0.05, 0) is 12.8 Å². The molecule has 2 amide bonds. The number of nitrogens with one attached hydrogen (secondary N) is 2. The molecule has 116 valence electrons. The molecule has 1 aromatic rings. The molecule has 0 aromatic carbocycles. The maximum Gasteiger partial charge on any atom is 0.331 e. The van der Waals surface area contributed by atoms with Crippen molar-refractivity contribution < 1.29 is 14.7 Å². The van der Waals surface area contributed by atoms with Gasteiger partial charge >= 0.3 is 12.0 Å². The Balaban J connectivity index is 1.93. The predicted octanol–water partition coefficient (Wildman–Crippen LogP) is 1.57. The summed E-state index contributed by atoms with van der Waals surface area (Å²) < 4.78 is 1.51. The van der Waals surface area contributed by atoms with E-state index in [0.717, 1.165) is 25.7 Å². The van der Waals surface area contributed by atoms with E-state index in [4.69, 9.17) is 0 Å². The summed E-state index contributed by atoms with van der Waals surface area (Å²) in [6, 6.07) is -1.38. The second kappa shape index (κ2) is 7.10. The number of urea groups is 1. The number of aromatic nitrogens is 2. The van der Waals surface area contributed by atoms with Crippen molar-refractivity contribution in [3.05, 3.63) is 18.0 Å². The fourth-order valence-corrected chi connectivity index (χ4v) is 2.66. The average Bonchev–Trinajstić information content (AvgIpc) is 2.69. The van der Waals surface area contributed by atoms with E-state index < -0.39 is 18.0 Å². The topological polar surface area (TPSA) is 96.2 Å². The second-order valence-corrected chi connectivity index (χ2v) is 5.52. The van der Waals surface area contributed by atoms with Crippen molar-refractivity contribution in [1.29, 1.82) is 0 Å². The molecule has 7 heteroatoms. The van der Waals surface area contributed by atoms with Crippen molar-refractivity contribution >= 4 is 12.0 Å². The van der Waals surface area contributed by atoms with Gasteiger partial charge in [0.25, 0.3) is 0 Å². The van der Waals surface area contributed by atoms with Crippen molar-refractivity contribution in [2.45, 2.75) is 50.6 Å². The number of carbonyl (C=O) groups is 2. The fraction of sp³-hybridized carbons (Fsp3) is 0.643. The third-order valence-corrected chi connectivity index (χ3v) is 3.77. The van der Waals surface area contributed by atoms with Gasteiger partial charge in [0.15, 0.2) is 6.04 Å². The number of rotatable bonds is 4. The first-order valence-corrected chi connectivity index (χ1v) is 7.34. The Bertz CT molecular complexity index is 492. The summed E-state index contributed by atoms with van der Waals surface area (Å²) in [7, 11) is 1.70. The summed E-state index contributed by atoms with van der Waals surface area (Å²) >= 11 is 0. The number of hydrogen-bond donors (Lipinski definition) is 3. The van der Waals surface area contributed by atoms with Gasteiger partial charge in [-0.25, -0.2) is 9.59 Å². The van der Waals surface area contributed by atoms with Gasteiger partial charge in [-0.1, -0.05) is 25.7 Å². The summed E-state index contributed by atoms with van der Waals surface area (Å²) in [5.41, 5.74) is 0.459. The Morgan fingerprint density at radius 1 is 1.33 bits per heavy atom. The minimum Gasteiger partial charge on any atom is -0.479 e. The summed E-state index contributed by atoms with van der Waals surface area (Å²) in [6.45, 7) is 0. The van der Waals surface area contributed by atoms with Crippen LogP contribution in [0.4, 0.5) is 4.79 Å². The van der Waals surface area contributed by atoms with Crippen LogP contribution in [-0.2, 0) is 11.8 Å². The predicted molar refractivity (Wildman–Crippen MR) is 76.7 cm³/mol. The van der Waals surface area contributed by atoms with Crippen molar-refractivity contribution in [1.82, 2.24) is 20.4 Å². The molecule has 1 atom stereocenters. The summed E-state index contributed by atoms with van der Waals surface area (Å²) in [5, 5.41) is 18.6. The molecule has 1 fully saturated rings. The van der Waals surface area contributed by atoms with Crippen LogP contribution < -0.4 is 10.6 Å². The Morgan fingerprint density at radius 3 is 2.52 bits per heavy atom. The number of carbonyl (C=O) groups excluding carboxylic acids is 1. The maximum absolute atomic E-state index is 12.0. The van der Waals surface area contributed by atoms with Gasteiger partial charge in [-0.3, -0.25) is 4.68 Å². The van der Waals surface area contributed by atoms with Crippen LogP contribution in [0.2, 0.25) is 0 Å². The van der Waals surface area contributed by atoms with E-state index in [9.17, 15) is 14.7 Å². The molecule has 0 saturated heterocycles. The van der Waals surface area contributed by atoms with Crippen LogP contribution in [0.5, 0.6) is 0 Å². The lowest BCUT2D eigenvalue weighted by Crippen LogP contribution is -2.45. The normalized spacial score (nSPS) is 17.8. The Morgan fingerprint density at radius 2 is 2.00 bits per heavy atom. The van der Waals surface area contributed by atoms with Gasteiger partial charge in [0.05, 0.1) is 6.20 Å². The first-order valence-electron chi connectivity index (χ1n) is 7.34. The number of hydrogen-bond acceptors (Lipinski definition) is 3. The van der Waals surface area contributed by atoms with Crippen LogP contribution in [0, 0.1) is 0 Å². The molecule has 1 saturated carbocycles. The highest BCUT2D eigenvalue weighted by molar-refractivity contribution is 5.83. The number of aliphatic carboxylic acids is 1. The minimum atomic E-state index is -1.10. The molecular weight excluding hydrogens is 272 g/mol. The standard InChI is InChI=1S/C14H22N4O3/c1-18-9-10(8-15-18)12(13(19)20)17-14(21)16-11-6-4-2-3-5-7-11/h8-9,11-12H,2-7H2,1H3,(H,19,20)(H2,16,17,21). The Kier molecular flexibility index (Phi) is 5.19. The zero-order chi connectivity index (χ0) is 15.2. The van der Waals surface area contributed by atoms with Crippen molar-refractivity contribution in [2.75, 3.05) is 0 Å². The fourth-order valence-electron chi connectivity index (χ4n) is 2.66. The Hall–Kier alpha value is -2.05. The van der Waals surface area contributed by atoms with E-state index in [2.05, 4.69) is 15.7 Å². The molecule has 21 heavy (non-hydrogen) atoms. The molecule has 7 nitrogen and oxygen atoms in total. The Labute approximate surface area is 123 Å². The number of nitrogens with zero attached hydrogens (tertiary/aromatic N) is 2. The van der Waals surface area contributed by atoms with Gasteiger partial charge in [-0.2, -0.15) is 5.10 Å². The third-order valence-electron chi connectivity index (χ3n) is 3.77. The minimum absolute atomic E-state index is 0.135. The molecule has 1 heterocycles. The van der Waals surface area contributed by atoms with E-state index in [1.807, 2.05) is 0 Å². The van der Waals surface area contributed by atoms with Crippen LogP contribution in [0.15, 0.2) is 12.4 Å². The number of aryl methyl sites for hydroxylation is 1. The van der Waals surface area contributed by atoms with E-state index in [1.165, 1.54) is 23.7 Å². The van der Waals surface area contributed by atoms with E-state index in [-0.39, 0.29) is 6.04 Å². The first-order chi connectivity index (χ1) is 10.1. The van der Waals surface area contributed by atoms with Gasteiger partial charge in [0, 0.05) is 24.8 Å². The molecule has 0 aliphatic heterocycles. The van der Waals surface area contributed by atoms with Crippen LogP contribution >= 0.6 is 0 Å². The number of carboxylic acids is 1. The van der Waals surface area contributed by atoms with E-state index >= 15 is 0 Å². The highest BCUT2D eigenvalue weighted by Crippen LogP contribution is 2.17. The summed E-state index contributed by atoms with van der Waals surface area (Å²) in [4.78, 5) is 23.3. The maximum atomic E-state index is 12.0. The molecule has 3 N–H and O–H groups in total. The van der Waals surface area contributed by atoms with Crippen LogP contribution in [-0.4, -0.2) is 32.9 Å². The van der Waals surface area contributed by atoms with Crippen LogP contribution in [0.25, 0.3) is 0 Å². The van der Waals surface area contributed by atoms with Crippen molar-refractivity contribution in [3.63, 3.8) is 0 Å². The molecule has 1 aliphatic rings. The highest BCUT2D eigenvalue weighted by Gasteiger charge is 2.24. The van der Waals surface area contributed by atoms with Gasteiger partial charge in [0.2, 0.25) is 0 Å². The third kappa shape index (κ3) is 4.47. The van der Waals surface area contributed by atoms with Gasteiger partial charge in [-0.15, -0.1) is 0 Å². The lowest BCUT2D eigenvalue weighted by molar-refractivity contribution is -0.139. The quantitative estimate of drug-likeness (QED) is 0.734. The average molecular weight is 294 g/mol. The van der Waals surface area contributed by atoms with Gasteiger partial charge < -0.3 is 15.7 Å². The monoisotopic (exact) mass is 294 g/mol. The van der Waals surface area contributed by atoms with Gasteiger partial charge in [0.1, 0.15) is 0 Å². The van der Waals surface area contributed by atoms with E-state index in [1.54, 1.807) is 13.2 Å². The molecule has 0 bridgehead atoms. The lowest BCUT2D eigenvalue weighted by Gasteiger charge is -2.19. The van der Waals surface area contributed by atoms with E-state index in [0.29, 0.717) is 5.56 Å². The molecule has 0 radical (unpaired) electrons. The van der Waals surface area contributed by atoms with Crippen LogP contribution in [0.1, 0.15) is 50.1 Å². The molecule has 1 unspecified atom stereocenters. The number of amides is 2. The largest absolute Gasteiger partial charge is 0.479 e. The van der Waals surface area contributed by atoms with Crippen molar-refractivity contribution in [3.8, 4) is 0 Å².